The summed E-state index contributed by atoms with van der Waals surface area (Å²) in [7, 11) is -3.96. The van der Waals surface area contributed by atoms with Crippen molar-refractivity contribution in [2.45, 2.75) is 24.8 Å². The van der Waals surface area contributed by atoms with Crippen LogP contribution in [0, 0.1) is 24.4 Å². The van der Waals surface area contributed by atoms with Crippen molar-refractivity contribution in [2.24, 2.45) is 0 Å². The van der Waals surface area contributed by atoms with Crippen LogP contribution in [-0.2, 0) is 14.6 Å². The number of fused-ring (bicyclic) bond motifs is 1. The Balaban J connectivity index is 1.80. The highest BCUT2D eigenvalue weighted by atomic mass is 32.2. The predicted octanol–water partition coefficient (Wildman–Crippen LogP) is 3.53. The van der Waals surface area contributed by atoms with E-state index in [-0.39, 0.29) is 52.8 Å². The molecule has 1 amide bonds. The zero-order chi connectivity index (χ0) is 31.9. The Kier molecular flexibility index (Phi) is 8.25. The fourth-order valence-corrected chi connectivity index (χ4v) is 6.15. The molecular formula is C29H26F4N6O4S. The molecule has 1 aromatic carbocycles. The van der Waals surface area contributed by atoms with Crippen LogP contribution in [0.15, 0.2) is 58.4 Å². The third-order valence-corrected chi connectivity index (χ3v) is 8.38. The van der Waals surface area contributed by atoms with E-state index < -0.39 is 62.9 Å². The number of halogens is 4. The Hall–Kier alpha value is -4.66. The summed E-state index contributed by atoms with van der Waals surface area (Å²) in [5.74, 6) is -3.78. The Morgan fingerprint density at radius 1 is 1.09 bits per heavy atom. The van der Waals surface area contributed by atoms with Crippen molar-refractivity contribution >= 4 is 32.6 Å². The number of hydrogen-bond donors (Lipinski definition) is 0. The number of aromatic nitrogens is 4. The van der Waals surface area contributed by atoms with E-state index >= 15 is 4.39 Å². The standard InChI is InChI=1S/C29H26F4N6O4S/c1-16-15-37(23(40)8-5-10-30)12-13-38(16)27-18-14-21(33)25(24-19(31)6-4-7-20(24)32)35-28(18)39(29(41)36-27)26-17(2)34-11-9-22(26)44(3,42)43/h4-9,11,14,16H,10,12-13,15H2,1-3H3/b8-5+/t16-/m0/s1. The second-order valence-corrected chi connectivity index (χ2v) is 12.2. The van der Waals surface area contributed by atoms with E-state index in [1.54, 1.807) is 11.8 Å². The summed E-state index contributed by atoms with van der Waals surface area (Å²) in [5, 5.41) is -0.0609. The third-order valence-electron chi connectivity index (χ3n) is 7.25. The average molecular weight is 631 g/mol. The number of aryl methyl sites for hydroxylation is 1. The first-order valence-corrected chi connectivity index (χ1v) is 15.2. The minimum Gasteiger partial charge on any atom is -0.350 e. The van der Waals surface area contributed by atoms with Gasteiger partial charge in [-0.2, -0.15) is 4.98 Å². The average Bonchev–Trinajstić information content (AvgIpc) is 2.96. The first-order chi connectivity index (χ1) is 20.8. The summed E-state index contributed by atoms with van der Waals surface area (Å²) >= 11 is 0. The van der Waals surface area contributed by atoms with E-state index in [0.29, 0.717) is 0 Å². The second-order valence-electron chi connectivity index (χ2n) is 10.2. The zero-order valence-electron chi connectivity index (χ0n) is 23.8. The van der Waals surface area contributed by atoms with E-state index in [4.69, 9.17) is 0 Å². The van der Waals surface area contributed by atoms with E-state index in [0.717, 1.165) is 47.2 Å². The number of rotatable bonds is 6. The molecule has 0 unspecified atom stereocenters. The summed E-state index contributed by atoms with van der Waals surface area (Å²) in [5.41, 5.74) is -2.97. The molecule has 230 valence electrons. The van der Waals surface area contributed by atoms with Gasteiger partial charge in [0.15, 0.2) is 21.3 Å². The van der Waals surface area contributed by atoms with Crippen LogP contribution >= 0.6 is 0 Å². The monoisotopic (exact) mass is 630 g/mol. The maximum Gasteiger partial charge on any atom is 0.355 e. The molecule has 44 heavy (non-hydrogen) atoms. The lowest BCUT2D eigenvalue weighted by atomic mass is 10.1. The van der Waals surface area contributed by atoms with Gasteiger partial charge in [0.25, 0.3) is 0 Å². The number of sulfone groups is 1. The number of piperazine rings is 1. The number of alkyl halides is 1. The van der Waals surface area contributed by atoms with Gasteiger partial charge in [-0.3, -0.25) is 9.78 Å². The number of nitrogens with zero attached hydrogens (tertiary/aromatic N) is 6. The Morgan fingerprint density at radius 3 is 2.43 bits per heavy atom. The number of benzene rings is 1. The van der Waals surface area contributed by atoms with Gasteiger partial charge in [-0.05, 0) is 44.2 Å². The van der Waals surface area contributed by atoms with Crippen LogP contribution in [0.2, 0.25) is 0 Å². The number of anilines is 1. The Labute approximate surface area is 249 Å². The highest BCUT2D eigenvalue weighted by Crippen LogP contribution is 2.34. The zero-order valence-corrected chi connectivity index (χ0v) is 24.6. The van der Waals surface area contributed by atoms with Gasteiger partial charge in [0.2, 0.25) is 5.91 Å². The van der Waals surface area contributed by atoms with Gasteiger partial charge in [0.05, 0.1) is 27.2 Å². The molecule has 1 aliphatic heterocycles. The smallest absolute Gasteiger partial charge is 0.350 e. The number of hydrogen-bond acceptors (Lipinski definition) is 8. The molecule has 0 aliphatic carbocycles. The Morgan fingerprint density at radius 2 is 1.80 bits per heavy atom. The van der Waals surface area contributed by atoms with Crippen molar-refractivity contribution in [1.29, 1.82) is 0 Å². The van der Waals surface area contributed by atoms with Crippen LogP contribution in [-0.4, -0.2) is 77.4 Å². The van der Waals surface area contributed by atoms with E-state index in [1.807, 2.05) is 0 Å². The summed E-state index contributed by atoms with van der Waals surface area (Å²) < 4.78 is 84.3. The summed E-state index contributed by atoms with van der Waals surface area (Å²) in [6, 6.07) is 4.58. The first-order valence-electron chi connectivity index (χ1n) is 13.3. The summed E-state index contributed by atoms with van der Waals surface area (Å²) in [6.07, 6.45) is 4.38. The molecule has 3 aromatic heterocycles. The van der Waals surface area contributed by atoms with Gasteiger partial charge < -0.3 is 9.80 Å². The lowest BCUT2D eigenvalue weighted by Crippen LogP contribution is -2.54. The molecule has 0 saturated carbocycles. The van der Waals surface area contributed by atoms with E-state index in [2.05, 4.69) is 15.0 Å². The van der Waals surface area contributed by atoms with Crippen LogP contribution in [0.3, 0.4) is 0 Å². The molecule has 1 fully saturated rings. The molecule has 15 heteroatoms. The van der Waals surface area contributed by atoms with Crippen LogP contribution in [0.25, 0.3) is 28.0 Å². The number of pyridine rings is 2. The maximum atomic E-state index is 15.7. The fourth-order valence-electron chi connectivity index (χ4n) is 5.25. The molecule has 10 nitrogen and oxygen atoms in total. The lowest BCUT2D eigenvalue weighted by Gasteiger charge is -2.40. The van der Waals surface area contributed by atoms with Crippen molar-refractivity contribution in [1.82, 2.24) is 24.4 Å². The molecule has 0 N–H and O–H groups in total. The van der Waals surface area contributed by atoms with Crippen LogP contribution in [0.5, 0.6) is 0 Å². The van der Waals surface area contributed by atoms with Gasteiger partial charge in [-0.1, -0.05) is 6.07 Å². The topological polar surface area (TPSA) is 118 Å². The lowest BCUT2D eigenvalue weighted by molar-refractivity contribution is -0.126. The van der Waals surface area contributed by atoms with Crippen molar-refractivity contribution in [2.75, 3.05) is 37.5 Å². The van der Waals surface area contributed by atoms with Crippen LogP contribution < -0.4 is 10.6 Å². The first kappa shape index (κ1) is 30.8. The molecular weight excluding hydrogens is 604 g/mol. The van der Waals surface area contributed by atoms with Crippen molar-refractivity contribution in [3.8, 4) is 16.9 Å². The number of carbonyl (C=O) groups excluding carboxylic acids is 1. The molecule has 1 aliphatic rings. The molecule has 4 heterocycles. The number of amides is 1. The minimum absolute atomic E-state index is 0.0328. The highest BCUT2D eigenvalue weighted by Gasteiger charge is 2.31. The predicted molar refractivity (Wildman–Crippen MR) is 155 cm³/mol. The van der Waals surface area contributed by atoms with Crippen molar-refractivity contribution < 1.29 is 30.8 Å². The fraction of sp³-hybridized carbons (Fsp3) is 0.276. The highest BCUT2D eigenvalue weighted by molar-refractivity contribution is 7.90. The van der Waals surface area contributed by atoms with Crippen LogP contribution in [0.4, 0.5) is 23.4 Å². The normalized spacial score (nSPS) is 15.8. The van der Waals surface area contributed by atoms with Crippen molar-refractivity contribution in [3.05, 3.63) is 82.3 Å². The molecule has 4 aromatic rings. The van der Waals surface area contributed by atoms with Gasteiger partial charge in [0.1, 0.15) is 29.8 Å². The summed E-state index contributed by atoms with van der Waals surface area (Å²) in [6.45, 7) is 2.82. The van der Waals surface area contributed by atoms with E-state index in [9.17, 15) is 31.2 Å². The van der Waals surface area contributed by atoms with Crippen LogP contribution in [0.1, 0.15) is 12.6 Å². The quantitative estimate of drug-likeness (QED) is 0.235. The maximum absolute atomic E-state index is 15.7. The number of carbonyl (C=O) groups is 1. The van der Waals surface area contributed by atoms with Gasteiger partial charge in [-0.25, -0.2) is 40.3 Å². The molecule has 0 radical (unpaired) electrons. The van der Waals surface area contributed by atoms with Gasteiger partial charge in [0, 0.05) is 44.2 Å². The summed E-state index contributed by atoms with van der Waals surface area (Å²) in [4.78, 5) is 41.6. The SMILES string of the molecule is Cc1nccc(S(C)(=O)=O)c1-n1c(=O)nc(N2CCN(C(=O)/C=C/CF)C[C@@H]2C)c2cc(F)c(-c3c(F)cccc3F)nc21. The largest absolute Gasteiger partial charge is 0.355 e. The molecule has 0 spiro atoms. The minimum atomic E-state index is -3.96. The molecule has 1 atom stereocenters. The third kappa shape index (κ3) is 5.54. The molecule has 5 rings (SSSR count). The Bertz CT molecular complexity index is 1980. The van der Waals surface area contributed by atoms with Crippen molar-refractivity contribution in [3.63, 3.8) is 0 Å². The van der Waals surface area contributed by atoms with E-state index in [1.165, 1.54) is 24.1 Å². The number of allylic oxidation sites excluding steroid dienone is 1. The van der Waals surface area contributed by atoms with Gasteiger partial charge >= 0.3 is 5.69 Å². The van der Waals surface area contributed by atoms with Gasteiger partial charge in [-0.15, -0.1) is 0 Å². The molecule has 0 bridgehead atoms. The second kappa shape index (κ2) is 11.8. The molecule has 1 saturated heterocycles.